The Morgan fingerprint density at radius 3 is 2.52 bits per heavy atom. The predicted octanol–water partition coefficient (Wildman–Crippen LogP) is 1.06. The van der Waals surface area contributed by atoms with Crippen molar-refractivity contribution in [3.05, 3.63) is 43.0 Å². The van der Waals surface area contributed by atoms with Gasteiger partial charge in [-0.1, -0.05) is 24.8 Å². The molecule has 1 aromatic carbocycles. The molecule has 0 amide bonds. The summed E-state index contributed by atoms with van der Waals surface area (Å²) in [5.41, 5.74) is 0.668. The summed E-state index contributed by atoms with van der Waals surface area (Å²) in [7, 11) is 0. The van der Waals surface area contributed by atoms with Gasteiger partial charge >= 0.3 is 11.9 Å². The Morgan fingerprint density at radius 1 is 1.38 bits per heavy atom. The average Bonchev–Trinajstić information content (AvgIpc) is 2.46. The molecule has 21 heavy (non-hydrogen) atoms. The monoisotopic (exact) mass is 293 g/mol. The van der Waals surface area contributed by atoms with E-state index in [1.54, 1.807) is 24.3 Å². The molecule has 0 aromatic heterocycles. The van der Waals surface area contributed by atoms with E-state index in [-0.39, 0.29) is 13.1 Å². The number of aliphatic hydroxyl groups excluding tert-OH is 1. The fraction of sp³-hybridized carbons (Fsp3) is 0.333. The first-order valence-corrected chi connectivity index (χ1v) is 6.47. The van der Waals surface area contributed by atoms with Gasteiger partial charge in [0.2, 0.25) is 0 Å². The number of esters is 1. The van der Waals surface area contributed by atoms with Gasteiger partial charge in [-0.05, 0) is 19.1 Å². The molecule has 0 bridgehead atoms. The van der Waals surface area contributed by atoms with Crippen LogP contribution in [0.2, 0.25) is 0 Å². The molecule has 0 aliphatic rings. The normalized spacial score (nSPS) is 13.0. The third kappa shape index (κ3) is 5.66. The minimum absolute atomic E-state index is 0.0297. The summed E-state index contributed by atoms with van der Waals surface area (Å²) in [6, 6.07) is 8.86. The molecule has 1 rings (SSSR count). The molecular formula is C15H19NO5. The lowest BCUT2D eigenvalue weighted by Gasteiger charge is -2.28. The average molecular weight is 293 g/mol. The van der Waals surface area contributed by atoms with Gasteiger partial charge in [0.25, 0.3) is 0 Å². The number of carbonyl (C=O) groups excluding carboxylic acids is 1. The van der Waals surface area contributed by atoms with Gasteiger partial charge in [-0.2, -0.15) is 0 Å². The zero-order valence-corrected chi connectivity index (χ0v) is 11.8. The maximum Gasteiger partial charge on any atom is 0.330 e. The van der Waals surface area contributed by atoms with Gasteiger partial charge in [0, 0.05) is 18.3 Å². The molecule has 0 spiro atoms. The van der Waals surface area contributed by atoms with Crippen molar-refractivity contribution in [3.8, 4) is 0 Å². The number of hydrogen-bond donors (Lipinski definition) is 2. The van der Waals surface area contributed by atoms with E-state index in [4.69, 9.17) is 9.84 Å². The third-order valence-corrected chi connectivity index (χ3v) is 2.87. The van der Waals surface area contributed by atoms with Gasteiger partial charge < -0.3 is 19.8 Å². The number of aliphatic hydroxyl groups is 1. The Balaban J connectivity index is 2.74. The molecule has 0 fully saturated rings. The molecule has 1 aromatic rings. The van der Waals surface area contributed by atoms with E-state index in [1.165, 1.54) is 11.8 Å². The molecule has 2 atom stereocenters. The van der Waals surface area contributed by atoms with E-state index in [1.807, 2.05) is 6.07 Å². The predicted molar refractivity (Wildman–Crippen MR) is 78.0 cm³/mol. The number of carboxylic acids is 1. The molecule has 0 aliphatic carbocycles. The number of para-hydroxylation sites is 1. The molecule has 0 heterocycles. The summed E-state index contributed by atoms with van der Waals surface area (Å²) in [6.45, 7) is 4.58. The van der Waals surface area contributed by atoms with Crippen molar-refractivity contribution in [3.63, 3.8) is 0 Å². The van der Waals surface area contributed by atoms with Crippen LogP contribution in [0.5, 0.6) is 0 Å². The number of carbonyl (C=O) groups is 2. The Bertz CT molecular complexity index is 488. The highest BCUT2D eigenvalue weighted by molar-refractivity contribution is 5.81. The first-order chi connectivity index (χ1) is 9.93. The fourth-order valence-corrected chi connectivity index (χ4v) is 1.75. The largest absolute Gasteiger partial charge is 0.480 e. The van der Waals surface area contributed by atoms with Crippen LogP contribution in [-0.2, 0) is 14.3 Å². The van der Waals surface area contributed by atoms with Crippen LogP contribution in [0.25, 0.3) is 0 Å². The SMILES string of the molecule is C=CC(=O)OC(C)C(O)CN(CC(=O)O)c1ccccc1. The van der Waals surface area contributed by atoms with Crippen molar-refractivity contribution in [2.75, 3.05) is 18.0 Å². The Hall–Kier alpha value is -2.34. The van der Waals surface area contributed by atoms with Crippen LogP contribution in [-0.4, -0.2) is 47.4 Å². The highest BCUT2D eigenvalue weighted by Gasteiger charge is 2.22. The number of anilines is 1. The highest BCUT2D eigenvalue weighted by atomic mass is 16.6. The van der Waals surface area contributed by atoms with Gasteiger partial charge in [0.1, 0.15) is 18.8 Å². The molecule has 6 heteroatoms. The minimum Gasteiger partial charge on any atom is -0.480 e. The molecule has 6 nitrogen and oxygen atoms in total. The van der Waals surface area contributed by atoms with Gasteiger partial charge in [-0.25, -0.2) is 4.79 Å². The number of rotatable bonds is 8. The maximum atomic E-state index is 11.1. The lowest BCUT2D eigenvalue weighted by atomic mass is 10.2. The van der Waals surface area contributed by atoms with E-state index in [2.05, 4.69) is 6.58 Å². The summed E-state index contributed by atoms with van der Waals surface area (Å²) in [5, 5.41) is 19.0. The summed E-state index contributed by atoms with van der Waals surface area (Å²) in [4.78, 5) is 23.5. The Labute approximate surface area is 123 Å². The first kappa shape index (κ1) is 16.7. The van der Waals surface area contributed by atoms with Crippen molar-refractivity contribution in [1.29, 1.82) is 0 Å². The van der Waals surface area contributed by atoms with Crippen molar-refractivity contribution in [2.45, 2.75) is 19.1 Å². The molecule has 0 saturated carbocycles. The van der Waals surface area contributed by atoms with E-state index in [0.717, 1.165) is 6.08 Å². The van der Waals surface area contributed by atoms with Crippen LogP contribution < -0.4 is 4.90 Å². The minimum atomic E-state index is -1.02. The van der Waals surface area contributed by atoms with E-state index in [0.29, 0.717) is 5.69 Å². The number of benzene rings is 1. The van der Waals surface area contributed by atoms with E-state index >= 15 is 0 Å². The van der Waals surface area contributed by atoms with Gasteiger partial charge in [-0.15, -0.1) is 0 Å². The van der Waals surface area contributed by atoms with Crippen molar-refractivity contribution in [2.24, 2.45) is 0 Å². The number of nitrogens with zero attached hydrogens (tertiary/aromatic N) is 1. The van der Waals surface area contributed by atoms with Crippen LogP contribution in [0.3, 0.4) is 0 Å². The van der Waals surface area contributed by atoms with Gasteiger partial charge in [0.05, 0.1) is 0 Å². The molecule has 0 radical (unpaired) electrons. The smallest absolute Gasteiger partial charge is 0.330 e. The zero-order valence-electron chi connectivity index (χ0n) is 11.8. The van der Waals surface area contributed by atoms with Crippen molar-refractivity contribution >= 4 is 17.6 Å². The Morgan fingerprint density at radius 2 is 2.00 bits per heavy atom. The van der Waals surface area contributed by atoms with Gasteiger partial charge in [0.15, 0.2) is 0 Å². The standard InChI is InChI=1S/C15H19NO5/c1-3-15(20)21-11(2)13(17)9-16(10-14(18)19)12-7-5-4-6-8-12/h3-8,11,13,17H,1,9-10H2,2H3,(H,18,19). The zero-order chi connectivity index (χ0) is 15.8. The number of aliphatic carboxylic acids is 1. The van der Waals surface area contributed by atoms with Crippen LogP contribution >= 0.6 is 0 Å². The lowest BCUT2D eigenvalue weighted by molar-refractivity contribution is -0.147. The quantitative estimate of drug-likeness (QED) is 0.550. The number of hydrogen-bond acceptors (Lipinski definition) is 5. The first-order valence-electron chi connectivity index (χ1n) is 6.47. The third-order valence-electron chi connectivity index (χ3n) is 2.87. The molecule has 0 saturated heterocycles. The number of carboxylic acid groups (broad SMARTS) is 1. The molecule has 2 unspecified atom stereocenters. The number of ether oxygens (including phenoxy) is 1. The highest BCUT2D eigenvalue weighted by Crippen LogP contribution is 2.14. The van der Waals surface area contributed by atoms with Crippen LogP contribution in [0.1, 0.15) is 6.92 Å². The van der Waals surface area contributed by atoms with Crippen LogP contribution in [0, 0.1) is 0 Å². The van der Waals surface area contributed by atoms with Crippen LogP contribution in [0.4, 0.5) is 5.69 Å². The van der Waals surface area contributed by atoms with E-state index < -0.39 is 24.1 Å². The van der Waals surface area contributed by atoms with Gasteiger partial charge in [-0.3, -0.25) is 4.79 Å². The maximum absolute atomic E-state index is 11.1. The lowest BCUT2D eigenvalue weighted by Crippen LogP contribution is -2.42. The molecule has 114 valence electrons. The second-order valence-corrected chi connectivity index (χ2v) is 4.52. The molecule has 0 aliphatic heterocycles. The second-order valence-electron chi connectivity index (χ2n) is 4.52. The summed E-state index contributed by atoms with van der Waals surface area (Å²) < 4.78 is 4.92. The van der Waals surface area contributed by atoms with Crippen molar-refractivity contribution in [1.82, 2.24) is 0 Å². The second kappa shape index (κ2) is 8.06. The fourth-order valence-electron chi connectivity index (χ4n) is 1.75. The summed E-state index contributed by atoms with van der Waals surface area (Å²) in [5.74, 6) is -1.65. The topological polar surface area (TPSA) is 87.1 Å². The molecular weight excluding hydrogens is 274 g/mol. The van der Waals surface area contributed by atoms with Crippen molar-refractivity contribution < 1.29 is 24.5 Å². The summed E-state index contributed by atoms with van der Waals surface area (Å²) >= 11 is 0. The Kier molecular flexibility index (Phi) is 6.42. The van der Waals surface area contributed by atoms with E-state index in [9.17, 15) is 14.7 Å². The van der Waals surface area contributed by atoms with Crippen LogP contribution in [0.15, 0.2) is 43.0 Å². The summed E-state index contributed by atoms with van der Waals surface area (Å²) in [6.07, 6.45) is -0.779. The molecule has 2 N–H and O–H groups in total.